The number of benzene rings is 1. The standard InChI is InChI=1S/C17H20N2O4/c1-10(2)12-6-5-7-13(11(3)4)16(12)18-17(20)14-8-9-15(23-14)19(21)22/h5-11H,1-4H3,(H,18,20). The predicted molar refractivity (Wildman–Crippen MR) is 87.9 cm³/mol. The van der Waals surface area contributed by atoms with Crippen LogP contribution in [0.25, 0.3) is 0 Å². The zero-order valence-corrected chi connectivity index (χ0v) is 13.6. The molecule has 1 heterocycles. The summed E-state index contributed by atoms with van der Waals surface area (Å²) < 4.78 is 4.97. The lowest BCUT2D eigenvalue weighted by Gasteiger charge is -2.19. The summed E-state index contributed by atoms with van der Waals surface area (Å²) in [7, 11) is 0. The van der Waals surface area contributed by atoms with Crippen LogP contribution in [0.15, 0.2) is 34.7 Å². The molecular formula is C17H20N2O4. The number of nitro groups is 1. The lowest BCUT2D eigenvalue weighted by molar-refractivity contribution is -0.402. The number of furan rings is 1. The fraction of sp³-hybridized carbons (Fsp3) is 0.353. The Morgan fingerprint density at radius 1 is 1.09 bits per heavy atom. The molecule has 1 aromatic carbocycles. The van der Waals surface area contributed by atoms with Crippen molar-refractivity contribution in [3.8, 4) is 0 Å². The molecule has 2 aromatic rings. The summed E-state index contributed by atoms with van der Waals surface area (Å²) in [5.74, 6) is -0.556. The molecule has 0 saturated carbocycles. The molecule has 0 atom stereocenters. The maximum atomic E-state index is 12.4. The summed E-state index contributed by atoms with van der Waals surface area (Å²) in [5.41, 5.74) is 2.79. The van der Waals surface area contributed by atoms with E-state index in [0.29, 0.717) is 0 Å². The van der Waals surface area contributed by atoms with E-state index < -0.39 is 16.7 Å². The molecule has 1 N–H and O–H groups in total. The number of carbonyl (C=O) groups excluding carboxylic acids is 1. The van der Waals surface area contributed by atoms with Crippen molar-refractivity contribution in [2.75, 3.05) is 5.32 Å². The van der Waals surface area contributed by atoms with Crippen LogP contribution < -0.4 is 5.32 Å². The van der Waals surface area contributed by atoms with Gasteiger partial charge in [0.1, 0.15) is 4.92 Å². The van der Waals surface area contributed by atoms with Crippen LogP contribution in [0, 0.1) is 10.1 Å². The third-order valence-electron chi connectivity index (χ3n) is 3.61. The quantitative estimate of drug-likeness (QED) is 0.640. The Kier molecular flexibility index (Phi) is 4.83. The summed E-state index contributed by atoms with van der Waals surface area (Å²) in [6, 6.07) is 8.39. The SMILES string of the molecule is CC(C)c1cccc(C(C)C)c1NC(=O)c1ccc([N+](=O)[O-])o1. The highest BCUT2D eigenvalue weighted by molar-refractivity contribution is 6.03. The van der Waals surface area contributed by atoms with Crippen LogP contribution in [-0.2, 0) is 0 Å². The van der Waals surface area contributed by atoms with Crippen LogP contribution in [0.3, 0.4) is 0 Å². The van der Waals surface area contributed by atoms with Crippen LogP contribution in [0.5, 0.6) is 0 Å². The van der Waals surface area contributed by atoms with Gasteiger partial charge in [0.25, 0.3) is 5.91 Å². The zero-order chi connectivity index (χ0) is 17.1. The van der Waals surface area contributed by atoms with E-state index in [-0.39, 0.29) is 17.6 Å². The second-order valence-electron chi connectivity index (χ2n) is 5.97. The second-order valence-corrected chi connectivity index (χ2v) is 5.97. The molecule has 0 fully saturated rings. The van der Waals surface area contributed by atoms with Gasteiger partial charge >= 0.3 is 5.88 Å². The Labute approximate surface area is 134 Å². The Balaban J connectivity index is 2.37. The summed E-state index contributed by atoms with van der Waals surface area (Å²) >= 11 is 0. The molecule has 1 amide bonds. The van der Waals surface area contributed by atoms with E-state index in [4.69, 9.17) is 4.42 Å². The van der Waals surface area contributed by atoms with Crippen molar-refractivity contribution in [2.45, 2.75) is 39.5 Å². The van der Waals surface area contributed by atoms with Gasteiger partial charge in [0.05, 0.1) is 6.07 Å². The van der Waals surface area contributed by atoms with E-state index >= 15 is 0 Å². The van der Waals surface area contributed by atoms with Gasteiger partial charge in [-0.3, -0.25) is 14.9 Å². The molecule has 1 aromatic heterocycles. The Morgan fingerprint density at radius 2 is 1.65 bits per heavy atom. The number of rotatable bonds is 5. The molecule has 0 aliphatic carbocycles. The van der Waals surface area contributed by atoms with Crippen molar-refractivity contribution in [1.29, 1.82) is 0 Å². The Bertz CT molecular complexity index is 706. The molecule has 0 unspecified atom stereocenters. The predicted octanol–water partition coefficient (Wildman–Crippen LogP) is 4.69. The van der Waals surface area contributed by atoms with E-state index in [0.717, 1.165) is 16.8 Å². The molecule has 23 heavy (non-hydrogen) atoms. The van der Waals surface area contributed by atoms with Gasteiger partial charge in [0, 0.05) is 5.69 Å². The molecule has 6 nitrogen and oxygen atoms in total. The number of para-hydroxylation sites is 1. The first-order valence-electron chi connectivity index (χ1n) is 7.49. The molecule has 0 aliphatic rings. The van der Waals surface area contributed by atoms with Crippen LogP contribution in [0.4, 0.5) is 11.6 Å². The van der Waals surface area contributed by atoms with Gasteiger partial charge in [-0.2, -0.15) is 0 Å². The maximum Gasteiger partial charge on any atom is 0.433 e. The van der Waals surface area contributed by atoms with E-state index in [1.807, 2.05) is 45.9 Å². The van der Waals surface area contributed by atoms with Crippen molar-refractivity contribution in [2.24, 2.45) is 0 Å². The lowest BCUT2D eigenvalue weighted by Crippen LogP contribution is -2.15. The topological polar surface area (TPSA) is 85.4 Å². The van der Waals surface area contributed by atoms with E-state index in [2.05, 4.69) is 5.32 Å². The Morgan fingerprint density at radius 3 is 2.09 bits per heavy atom. The fourth-order valence-electron chi connectivity index (χ4n) is 2.42. The van der Waals surface area contributed by atoms with Crippen molar-refractivity contribution >= 4 is 17.5 Å². The first-order valence-corrected chi connectivity index (χ1v) is 7.49. The minimum Gasteiger partial charge on any atom is -0.395 e. The second kappa shape index (κ2) is 6.64. The van der Waals surface area contributed by atoms with Gasteiger partial charge in [-0.1, -0.05) is 45.9 Å². The average molecular weight is 316 g/mol. The van der Waals surface area contributed by atoms with Crippen LogP contribution in [-0.4, -0.2) is 10.8 Å². The maximum absolute atomic E-state index is 12.4. The van der Waals surface area contributed by atoms with Gasteiger partial charge in [0.15, 0.2) is 5.76 Å². The molecule has 0 bridgehead atoms. The summed E-state index contributed by atoms with van der Waals surface area (Å²) in [5, 5.41) is 13.5. The highest BCUT2D eigenvalue weighted by Crippen LogP contribution is 2.32. The summed E-state index contributed by atoms with van der Waals surface area (Å²) in [6.07, 6.45) is 0. The molecule has 2 rings (SSSR count). The summed E-state index contributed by atoms with van der Waals surface area (Å²) in [6.45, 7) is 8.19. The van der Waals surface area contributed by atoms with Gasteiger partial charge in [-0.15, -0.1) is 0 Å². The van der Waals surface area contributed by atoms with Crippen molar-refractivity contribution in [3.05, 3.63) is 57.3 Å². The lowest BCUT2D eigenvalue weighted by atomic mass is 9.92. The first kappa shape index (κ1) is 16.7. The molecule has 0 spiro atoms. The number of hydrogen-bond acceptors (Lipinski definition) is 4. The highest BCUT2D eigenvalue weighted by atomic mass is 16.6. The smallest absolute Gasteiger partial charge is 0.395 e. The monoisotopic (exact) mass is 316 g/mol. The number of nitrogens with zero attached hydrogens (tertiary/aromatic N) is 1. The first-order chi connectivity index (χ1) is 10.8. The summed E-state index contributed by atoms with van der Waals surface area (Å²) in [4.78, 5) is 22.4. The molecule has 6 heteroatoms. The fourth-order valence-corrected chi connectivity index (χ4v) is 2.42. The number of anilines is 1. The van der Waals surface area contributed by atoms with Crippen LogP contribution in [0.1, 0.15) is 61.2 Å². The minimum atomic E-state index is -0.668. The minimum absolute atomic E-state index is 0.0787. The third kappa shape index (κ3) is 3.59. The molecule has 122 valence electrons. The molecule has 0 aliphatic heterocycles. The normalized spacial score (nSPS) is 11.0. The zero-order valence-electron chi connectivity index (χ0n) is 13.6. The third-order valence-corrected chi connectivity index (χ3v) is 3.61. The molecule has 0 radical (unpaired) electrons. The van der Waals surface area contributed by atoms with Gasteiger partial charge in [-0.05, 0) is 29.0 Å². The van der Waals surface area contributed by atoms with Gasteiger partial charge < -0.3 is 9.73 Å². The molecular weight excluding hydrogens is 296 g/mol. The van der Waals surface area contributed by atoms with Crippen molar-refractivity contribution < 1.29 is 14.1 Å². The van der Waals surface area contributed by atoms with Gasteiger partial charge in [0.2, 0.25) is 0 Å². The highest BCUT2D eigenvalue weighted by Gasteiger charge is 2.21. The average Bonchev–Trinajstić information content (AvgIpc) is 2.97. The number of hydrogen-bond donors (Lipinski definition) is 1. The van der Waals surface area contributed by atoms with Crippen LogP contribution >= 0.6 is 0 Å². The largest absolute Gasteiger partial charge is 0.433 e. The van der Waals surface area contributed by atoms with Gasteiger partial charge in [-0.25, -0.2) is 0 Å². The van der Waals surface area contributed by atoms with Crippen molar-refractivity contribution in [1.82, 2.24) is 0 Å². The Hall–Kier alpha value is -2.63. The number of nitrogens with one attached hydrogen (secondary N) is 1. The number of amides is 1. The van der Waals surface area contributed by atoms with E-state index in [1.54, 1.807) is 0 Å². The number of carbonyl (C=O) groups is 1. The molecule has 0 saturated heterocycles. The van der Waals surface area contributed by atoms with E-state index in [9.17, 15) is 14.9 Å². The van der Waals surface area contributed by atoms with Crippen molar-refractivity contribution in [3.63, 3.8) is 0 Å². The van der Waals surface area contributed by atoms with E-state index in [1.165, 1.54) is 12.1 Å². The van der Waals surface area contributed by atoms with Crippen LogP contribution in [0.2, 0.25) is 0 Å².